The Labute approximate surface area is 161 Å². The zero-order chi connectivity index (χ0) is 20.1. The van der Waals surface area contributed by atoms with Crippen LogP contribution in [-0.4, -0.2) is 37.2 Å². The quantitative estimate of drug-likeness (QED) is 0.724. The predicted molar refractivity (Wildman–Crippen MR) is 98.2 cm³/mol. The van der Waals surface area contributed by atoms with Gasteiger partial charge in [0, 0.05) is 25.8 Å². The van der Waals surface area contributed by atoms with Gasteiger partial charge >= 0.3 is 6.18 Å². The fourth-order valence-electron chi connectivity index (χ4n) is 3.02. The zero-order valence-electron chi connectivity index (χ0n) is 15.5. The third kappa shape index (κ3) is 5.25. The molecule has 2 aromatic rings. The lowest BCUT2D eigenvalue weighted by atomic mass is 10.1. The Balaban J connectivity index is 1.55. The van der Waals surface area contributed by atoms with Gasteiger partial charge in [-0.1, -0.05) is 12.1 Å². The monoisotopic (exact) mass is 393 g/mol. The van der Waals surface area contributed by atoms with Crippen LogP contribution in [0.5, 0.6) is 5.75 Å². The van der Waals surface area contributed by atoms with Crippen molar-refractivity contribution in [1.29, 1.82) is 0 Å². The van der Waals surface area contributed by atoms with Crippen molar-refractivity contribution < 1.29 is 27.4 Å². The Morgan fingerprint density at radius 1 is 1.14 bits per heavy atom. The molecule has 0 N–H and O–H groups in total. The van der Waals surface area contributed by atoms with E-state index in [4.69, 9.17) is 9.47 Å². The number of halogens is 3. The maximum Gasteiger partial charge on any atom is 0.416 e. The number of hydrogen-bond donors (Lipinski definition) is 0. The van der Waals surface area contributed by atoms with Crippen molar-refractivity contribution in [3.05, 3.63) is 65.2 Å². The third-order valence-corrected chi connectivity index (χ3v) is 4.61. The molecule has 0 spiro atoms. The Morgan fingerprint density at radius 3 is 2.39 bits per heavy atom. The van der Waals surface area contributed by atoms with Crippen LogP contribution in [-0.2, 0) is 17.5 Å². The summed E-state index contributed by atoms with van der Waals surface area (Å²) in [5.74, 6) is 0.447. The van der Waals surface area contributed by atoms with Crippen LogP contribution in [0.4, 0.5) is 13.2 Å². The molecule has 150 valence electrons. The van der Waals surface area contributed by atoms with Crippen molar-refractivity contribution >= 4 is 5.91 Å². The number of ether oxygens (including phenoxy) is 2. The predicted octanol–water partition coefficient (Wildman–Crippen LogP) is 4.54. The highest BCUT2D eigenvalue weighted by atomic mass is 19.4. The van der Waals surface area contributed by atoms with Crippen molar-refractivity contribution in [3.63, 3.8) is 0 Å². The molecule has 1 saturated heterocycles. The number of rotatable bonds is 6. The van der Waals surface area contributed by atoms with Gasteiger partial charge in [-0.05, 0) is 54.8 Å². The molecule has 1 heterocycles. The minimum Gasteiger partial charge on any atom is -0.491 e. The summed E-state index contributed by atoms with van der Waals surface area (Å²) in [6.45, 7) is 1.47. The molecule has 0 aromatic heterocycles. The molecule has 28 heavy (non-hydrogen) atoms. The first-order chi connectivity index (χ1) is 13.3. The van der Waals surface area contributed by atoms with Gasteiger partial charge in [-0.2, -0.15) is 13.2 Å². The number of amides is 1. The second-order valence-corrected chi connectivity index (χ2v) is 6.83. The van der Waals surface area contributed by atoms with E-state index >= 15 is 0 Å². The van der Waals surface area contributed by atoms with Crippen molar-refractivity contribution in [2.45, 2.75) is 31.7 Å². The fourth-order valence-corrected chi connectivity index (χ4v) is 3.02. The Hall–Kier alpha value is -2.54. The largest absolute Gasteiger partial charge is 0.491 e. The molecule has 2 aromatic carbocycles. The summed E-state index contributed by atoms with van der Waals surface area (Å²) in [5.41, 5.74) is 0.406. The van der Waals surface area contributed by atoms with E-state index in [0.29, 0.717) is 23.5 Å². The molecular formula is C21H22F3NO3. The van der Waals surface area contributed by atoms with Crippen LogP contribution in [0.15, 0.2) is 48.5 Å². The summed E-state index contributed by atoms with van der Waals surface area (Å²) in [4.78, 5) is 14.0. The summed E-state index contributed by atoms with van der Waals surface area (Å²) >= 11 is 0. The van der Waals surface area contributed by atoms with Gasteiger partial charge in [-0.3, -0.25) is 4.79 Å². The highest BCUT2D eigenvalue weighted by molar-refractivity contribution is 5.94. The average Bonchev–Trinajstić information content (AvgIpc) is 3.19. The topological polar surface area (TPSA) is 38.8 Å². The number of alkyl halides is 3. The fraction of sp³-hybridized carbons (Fsp3) is 0.381. The van der Waals surface area contributed by atoms with Crippen molar-refractivity contribution in [3.8, 4) is 5.75 Å². The molecule has 1 aliphatic rings. The minimum absolute atomic E-state index is 0.121. The summed E-state index contributed by atoms with van der Waals surface area (Å²) in [7, 11) is 1.61. The van der Waals surface area contributed by atoms with E-state index in [1.165, 1.54) is 17.0 Å². The molecule has 1 fully saturated rings. The normalized spacial score (nSPS) is 16.8. The third-order valence-electron chi connectivity index (χ3n) is 4.61. The van der Waals surface area contributed by atoms with Crippen LogP contribution in [0, 0.1) is 0 Å². The molecule has 1 atom stereocenters. The first-order valence-corrected chi connectivity index (χ1v) is 9.09. The zero-order valence-corrected chi connectivity index (χ0v) is 15.5. The van der Waals surface area contributed by atoms with Crippen LogP contribution in [0.25, 0.3) is 0 Å². The minimum atomic E-state index is -4.37. The summed E-state index contributed by atoms with van der Waals surface area (Å²) in [6.07, 6.45) is -2.21. The smallest absolute Gasteiger partial charge is 0.416 e. The maximum absolute atomic E-state index is 12.6. The summed E-state index contributed by atoms with van der Waals surface area (Å²) < 4.78 is 49.1. The van der Waals surface area contributed by atoms with Crippen LogP contribution >= 0.6 is 0 Å². The van der Waals surface area contributed by atoms with E-state index in [0.717, 1.165) is 31.6 Å². The lowest BCUT2D eigenvalue weighted by Crippen LogP contribution is -2.26. The maximum atomic E-state index is 12.6. The molecule has 1 amide bonds. The lowest BCUT2D eigenvalue weighted by Gasteiger charge is -2.18. The number of nitrogens with zero attached hydrogens (tertiary/aromatic N) is 1. The highest BCUT2D eigenvalue weighted by Gasteiger charge is 2.30. The van der Waals surface area contributed by atoms with E-state index in [2.05, 4.69) is 0 Å². The van der Waals surface area contributed by atoms with Crippen LogP contribution in [0.2, 0.25) is 0 Å². The molecule has 7 heteroatoms. The second-order valence-electron chi connectivity index (χ2n) is 6.83. The first-order valence-electron chi connectivity index (χ1n) is 9.09. The van der Waals surface area contributed by atoms with Gasteiger partial charge in [-0.25, -0.2) is 0 Å². The lowest BCUT2D eigenvalue weighted by molar-refractivity contribution is -0.137. The van der Waals surface area contributed by atoms with Crippen LogP contribution in [0.1, 0.15) is 34.3 Å². The van der Waals surface area contributed by atoms with Gasteiger partial charge < -0.3 is 14.4 Å². The average molecular weight is 393 g/mol. The molecule has 0 saturated carbocycles. The van der Waals surface area contributed by atoms with E-state index in [1.54, 1.807) is 31.3 Å². The molecule has 4 nitrogen and oxygen atoms in total. The van der Waals surface area contributed by atoms with Gasteiger partial charge in [0.05, 0.1) is 11.7 Å². The molecule has 1 unspecified atom stereocenters. The Kier molecular flexibility index (Phi) is 6.24. The summed E-state index contributed by atoms with van der Waals surface area (Å²) in [5, 5.41) is 0. The van der Waals surface area contributed by atoms with Crippen molar-refractivity contribution in [2.24, 2.45) is 0 Å². The van der Waals surface area contributed by atoms with Gasteiger partial charge in [0.25, 0.3) is 5.91 Å². The van der Waals surface area contributed by atoms with Crippen LogP contribution < -0.4 is 4.74 Å². The number of carbonyl (C=O) groups excluding carboxylic acids is 1. The van der Waals surface area contributed by atoms with Gasteiger partial charge in [0.2, 0.25) is 0 Å². The van der Waals surface area contributed by atoms with Gasteiger partial charge in [0.1, 0.15) is 12.4 Å². The van der Waals surface area contributed by atoms with Gasteiger partial charge in [0.15, 0.2) is 0 Å². The highest BCUT2D eigenvalue weighted by Crippen LogP contribution is 2.29. The molecule has 0 radical (unpaired) electrons. The summed E-state index contributed by atoms with van der Waals surface area (Å²) in [6, 6.07) is 11.6. The molecule has 0 aliphatic carbocycles. The molecule has 0 bridgehead atoms. The van der Waals surface area contributed by atoms with Gasteiger partial charge in [-0.15, -0.1) is 0 Å². The molecular weight excluding hydrogens is 371 g/mol. The number of benzene rings is 2. The second kappa shape index (κ2) is 8.65. The van der Waals surface area contributed by atoms with E-state index < -0.39 is 11.7 Å². The Bertz CT molecular complexity index is 782. The standard InChI is InChI=1S/C21H22F3NO3/c1-25(13-15-4-8-17(9-5-15)21(22,23)24)20(26)16-6-10-18(11-7-16)28-14-19-3-2-12-27-19/h4-11,19H,2-3,12-14H2,1H3. The SMILES string of the molecule is CN(Cc1ccc(C(F)(F)F)cc1)C(=O)c1ccc(OCC2CCCO2)cc1. The Morgan fingerprint density at radius 2 is 1.82 bits per heavy atom. The number of hydrogen-bond acceptors (Lipinski definition) is 3. The first kappa shape index (κ1) is 20.2. The van der Waals surface area contributed by atoms with E-state index in [9.17, 15) is 18.0 Å². The van der Waals surface area contributed by atoms with E-state index in [1.807, 2.05) is 0 Å². The number of carbonyl (C=O) groups is 1. The molecule has 1 aliphatic heterocycles. The van der Waals surface area contributed by atoms with Crippen molar-refractivity contribution in [1.82, 2.24) is 4.90 Å². The van der Waals surface area contributed by atoms with Crippen molar-refractivity contribution in [2.75, 3.05) is 20.3 Å². The van der Waals surface area contributed by atoms with E-state index in [-0.39, 0.29) is 18.6 Å². The van der Waals surface area contributed by atoms with Crippen LogP contribution in [0.3, 0.4) is 0 Å². The molecule has 3 rings (SSSR count).